The summed E-state index contributed by atoms with van der Waals surface area (Å²) in [6.45, 7) is 7.79. The highest BCUT2D eigenvalue weighted by atomic mass is 28.4. The summed E-state index contributed by atoms with van der Waals surface area (Å²) >= 11 is 0. The van der Waals surface area contributed by atoms with Gasteiger partial charge in [-0.1, -0.05) is 0 Å². The molecule has 0 amide bonds. The third-order valence-corrected chi connectivity index (χ3v) is 2.90. The summed E-state index contributed by atoms with van der Waals surface area (Å²) in [5.41, 5.74) is -0.607. The standard InChI is InChI=1S/C7H13NO2Si.C3H4O2/c1-11(2,3)10-7(4-8)5-9-6-7;4-3-1-5-2-3/h5-6H2,1-3H3;1-2H2. The van der Waals surface area contributed by atoms with Gasteiger partial charge in [-0.15, -0.1) is 0 Å². The van der Waals surface area contributed by atoms with E-state index in [0.29, 0.717) is 26.4 Å². The first-order valence-corrected chi connectivity index (χ1v) is 8.56. The normalized spacial score (nSPS) is 22.0. The van der Waals surface area contributed by atoms with E-state index in [1.54, 1.807) is 0 Å². The van der Waals surface area contributed by atoms with Gasteiger partial charge < -0.3 is 13.9 Å². The molecular formula is C10H17NO4Si. The topological polar surface area (TPSA) is 68.5 Å². The maximum Gasteiger partial charge on any atom is 0.191 e. The molecule has 2 saturated heterocycles. The second kappa shape index (κ2) is 5.06. The summed E-state index contributed by atoms with van der Waals surface area (Å²) < 4.78 is 15.1. The molecule has 2 fully saturated rings. The summed E-state index contributed by atoms with van der Waals surface area (Å²) in [6, 6.07) is 2.16. The molecule has 0 aliphatic carbocycles. The molecule has 0 spiro atoms. The summed E-state index contributed by atoms with van der Waals surface area (Å²) in [7, 11) is -1.59. The van der Waals surface area contributed by atoms with Crippen molar-refractivity contribution in [2.45, 2.75) is 25.2 Å². The number of hydrogen-bond acceptors (Lipinski definition) is 5. The Hall–Kier alpha value is -0.743. The van der Waals surface area contributed by atoms with Gasteiger partial charge in [-0.05, 0) is 19.6 Å². The summed E-state index contributed by atoms with van der Waals surface area (Å²) in [5.74, 6) is 0.213. The van der Waals surface area contributed by atoms with Crippen LogP contribution in [0.2, 0.25) is 19.6 Å². The predicted octanol–water partition coefficient (Wildman–Crippen LogP) is 0.716. The van der Waals surface area contributed by atoms with Crippen LogP contribution in [-0.2, 0) is 18.7 Å². The van der Waals surface area contributed by atoms with Crippen molar-refractivity contribution in [3.63, 3.8) is 0 Å². The Labute approximate surface area is 96.4 Å². The van der Waals surface area contributed by atoms with Crippen LogP contribution in [0.15, 0.2) is 0 Å². The fourth-order valence-corrected chi connectivity index (χ4v) is 2.54. The first kappa shape index (κ1) is 13.3. The first-order chi connectivity index (χ1) is 7.37. The van der Waals surface area contributed by atoms with Crippen LogP contribution in [0.1, 0.15) is 0 Å². The maximum atomic E-state index is 9.77. The van der Waals surface area contributed by atoms with Crippen molar-refractivity contribution in [2.75, 3.05) is 26.4 Å². The van der Waals surface area contributed by atoms with Gasteiger partial charge >= 0.3 is 0 Å². The average molecular weight is 243 g/mol. The smallest absolute Gasteiger partial charge is 0.191 e. The van der Waals surface area contributed by atoms with Crippen molar-refractivity contribution >= 4 is 14.1 Å². The number of hydrogen-bond donors (Lipinski definition) is 0. The minimum absolute atomic E-state index is 0.213. The molecule has 2 aliphatic rings. The fourth-order valence-electron chi connectivity index (χ4n) is 1.21. The van der Waals surface area contributed by atoms with Gasteiger partial charge in [0.15, 0.2) is 19.7 Å². The zero-order valence-corrected chi connectivity index (χ0v) is 10.9. The lowest BCUT2D eigenvalue weighted by Gasteiger charge is -2.39. The lowest BCUT2D eigenvalue weighted by atomic mass is 10.1. The van der Waals surface area contributed by atoms with Crippen LogP contribution in [-0.4, -0.2) is 46.1 Å². The van der Waals surface area contributed by atoms with Gasteiger partial charge in [-0.25, -0.2) is 0 Å². The second-order valence-electron chi connectivity index (χ2n) is 4.84. The van der Waals surface area contributed by atoms with Gasteiger partial charge in [0.25, 0.3) is 0 Å². The van der Waals surface area contributed by atoms with Crippen molar-refractivity contribution < 1.29 is 18.7 Å². The Kier molecular flexibility index (Phi) is 4.21. The number of carbonyl (C=O) groups is 1. The van der Waals surface area contributed by atoms with Crippen LogP contribution in [0.5, 0.6) is 0 Å². The lowest BCUT2D eigenvalue weighted by molar-refractivity contribution is -0.140. The van der Waals surface area contributed by atoms with Crippen molar-refractivity contribution in [3.05, 3.63) is 0 Å². The van der Waals surface area contributed by atoms with Crippen LogP contribution in [0.25, 0.3) is 0 Å². The van der Waals surface area contributed by atoms with Crippen LogP contribution in [0.4, 0.5) is 0 Å². The number of nitrogens with zero attached hydrogens (tertiary/aromatic N) is 1. The summed E-state index contributed by atoms with van der Waals surface area (Å²) in [6.07, 6.45) is 0. The molecule has 0 unspecified atom stereocenters. The SMILES string of the molecule is C[Si](C)(C)OC1(C#N)COC1.O=C1COC1. The Morgan fingerprint density at radius 3 is 1.88 bits per heavy atom. The molecule has 6 heteroatoms. The Morgan fingerprint density at radius 1 is 1.31 bits per heavy atom. The molecule has 0 aromatic heterocycles. The number of carbonyl (C=O) groups excluding carboxylic acids is 1. The number of ether oxygens (including phenoxy) is 2. The molecule has 0 atom stereocenters. The van der Waals surface area contributed by atoms with Crippen LogP contribution in [0, 0.1) is 11.3 Å². The zero-order valence-electron chi connectivity index (χ0n) is 9.91. The van der Waals surface area contributed by atoms with E-state index in [2.05, 4.69) is 30.4 Å². The minimum atomic E-state index is -1.59. The monoisotopic (exact) mass is 243 g/mol. The number of rotatable bonds is 2. The molecule has 0 radical (unpaired) electrons. The summed E-state index contributed by atoms with van der Waals surface area (Å²) in [5, 5.41) is 8.77. The fraction of sp³-hybridized carbons (Fsp3) is 0.800. The van der Waals surface area contributed by atoms with Gasteiger partial charge in [0.05, 0.1) is 13.2 Å². The highest BCUT2D eigenvalue weighted by molar-refractivity contribution is 6.69. The quantitative estimate of drug-likeness (QED) is 0.668. The van der Waals surface area contributed by atoms with E-state index in [4.69, 9.17) is 14.4 Å². The molecular weight excluding hydrogens is 226 g/mol. The molecule has 0 aromatic carbocycles. The van der Waals surface area contributed by atoms with E-state index < -0.39 is 13.9 Å². The van der Waals surface area contributed by atoms with Crippen LogP contribution >= 0.6 is 0 Å². The summed E-state index contributed by atoms with van der Waals surface area (Å²) in [4.78, 5) is 9.77. The molecule has 16 heavy (non-hydrogen) atoms. The van der Waals surface area contributed by atoms with Gasteiger partial charge in [-0.2, -0.15) is 5.26 Å². The van der Waals surface area contributed by atoms with E-state index in [-0.39, 0.29) is 5.78 Å². The first-order valence-electron chi connectivity index (χ1n) is 5.15. The van der Waals surface area contributed by atoms with E-state index in [1.165, 1.54) is 0 Å². The van der Waals surface area contributed by atoms with Gasteiger partial charge in [0.2, 0.25) is 0 Å². The third kappa shape index (κ3) is 4.02. The van der Waals surface area contributed by atoms with Gasteiger partial charge in [0, 0.05) is 0 Å². The molecule has 0 N–H and O–H groups in total. The molecule has 0 saturated carbocycles. The minimum Gasteiger partial charge on any atom is -0.396 e. The van der Waals surface area contributed by atoms with Crippen molar-refractivity contribution in [3.8, 4) is 6.07 Å². The molecule has 0 bridgehead atoms. The molecule has 2 aliphatic heterocycles. The van der Waals surface area contributed by atoms with Crippen LogP contribution < -0.4 is 0 Å². The predicted molar refractivity (Wildman–Crippen MR) is 59.4 cm³/mol. The molecule has 90 valence electrons. The Balaban J connectivity index is 0.000000212. The van der Waals surface area contributed by atoms with Gasteiger partial charge in [0.1, 0.15) is 19.3 Å². The van der Waals surface area contributed by atoms with Crippen LogP contribution in [0.3, 0.4) is 0 Å². The van der Waals surface area contributed by atoms with E-state index in [1.807, 2.05) is 0 Å². The Morgan fingerprint density at radius 2 is 1.81 bits per heavy atom. The number of ketones is 1. The highest BCUT2D eigenvalue weighted by Gasteiger charge is 2.43. The van der Waals surface area contributed by atoms with Crippen molar-refractivity contribution in [1.29, 1.82) is 5.26 Å². The number of nitriles is 1. The number of Topliss-reactive ketones (excluding diaryl/α,β-unsaturated/α-hetero) is 1. The largest absolute Gasteiger partial charge is 0.396 e. The maximum absolute atomic E-state index is 9.77. The third-order valence-electron chi connectivity index (χ3n) is 1.90. The molecule has 2 heterocycles. The highest BCUT2D eigenvalue weighted by Crippen LogP contribution is 2.25. The van der Waals surface area contributed by atoms with Crippen molar-refractivity contribution in [1.82, 2.24) is 0 Å². The molecule has 5 nitrogen and oxygen atoms in total. The van der Waals surface area contributed by atoms with E-state index in [0.717, 1.165) is 0 Å². The lowest BCUT2D eigenvalue weighted by Crippen LogP contribution is -2.55. The molecule has 2 rings (SSSR count). The van der Waals surface area contributed by atoms with Gasteiger partial charge in [-0.3, -0.25) is 4.79 Å². The average Bonchev–Trinajstić information content (AvgIpc) is 2.08. The zero-order chi connectivity index (χ0) is 12.2. The second-order valence-corrected chi connectivity index (χ2v) is 9.27. The van der Waals surface area contributed by atoms with E-state index in [9.17, 15) is 4.79 Å². The Bertz CT molecular complexity index is 295. The van der Waals surface area contributed by atoms with E-state index >= 15 is 0 Å². The molecule has 0 aromatic rings. The van der Waals surface area contributed by atoms with Crippen molar-refractivity contribution in [2.24, 2.45) is 0 Å².